The first kappa shape index (κ1) is 24.7. The first-order valence-electron chi connectivity index (χ1n) is 10.6. The fourth-order valence-corrected chi connectivity index (χ4v) is 2.86. The van der Waals surface area contributed by atoms with Crippen LogP contribution >= 0.6 is 0 Å². The Balaban J connectivity index is 0.000000660. The lowest BCUT2D eigenvalue weighted by Crippen LogP contribution is -1.81. The third-order valence-electron chi connectivity index (χ3n) is 3.65. The van der Waals surface area contributed by atoms with Crippen molar-refractivity contribution in [1.82, 2.24) is 0 Å². The summed E-state index contributed by atoms with van der Waals surface area (Å²) in [5.74, 6) is 0. The first-order valence-corrected chi connectivity index (χ1v) is 10.6. The summed E-state index contributed by atoms with van der Waals surface area (Å²) in [6, 6.07) is 26.0. The molecule has 0 atom stereocenters. The van der Waals surface area contributed by atoms with Crippen molar-refractivity contribution in [2.24, 2.45) is 0 Å². The minimum Gasteiger partial charge on any atom is -0.0683 e. The second-order valence-electron chi connectivity index (χ2n) is 5.34. The van der Waals surface area contributed by atoms with Gasteiger partial charge in [-0.3, -0.25) is 0 Å². The fraction of sp³-hybridized carbons (Fsp3) is 0.333. The predicted octanol–water partition coefficient (Wildman–Crippen LogP) is 9.64. The van der Waals surface area contributed by atoms with Crippen LogP contribution in [0.4, 0.5) is 0 Å². The first-order chi connectivity index (χ1) is 13.4. The SMILES string of the molecule is CC.CC.CC.CCC.c1ccc2c(c1)c1ccccc1c1ccccc21. The molecule has 0 amide bonds. The topological polar surface area (TPSA) is 0 Å². The molecule has 146 valence electrons. The molecule has 0 fully saturated rings. The van der Waals surface area contributed by atoms with Gasteiger partial charge in [0.15, 0.2) is 0 Å². The molecule has 0 radical (unpaired) electrons. The fourth-order valence-electron chi connectivity index (χ4n) is 2.86. The molecule has 0 heteroatoms. The van der Waals surface area contributed by atoms with E-state index in [1.165, 1.54) is 38.7 Å². The van der Waals surface area contributed by atoms with E-state index in [1.54, 1.807) is 0 Å². The van der Waals surface area contributed by atoms with Crippen LogP contribution in [0.15, 0.2) is 72.8 Å². The Morgan fingerprint density at radius 2 is 0.481 bits per heavy atom. The van der Waals surface area contributed by atoms with E-state index in [1.807, 2.05) is 41.5 Å². The molecule has 0 saturated heterocycles. The van der Waals surface area contributed by atoms with Crippen LogP contribution < -0.4 is 0 Å². The lowest BCUT2D eigenvalue weighted by atomic mass is 9.95. The molecule has 4 aromatic carbocycles. The van der Waals surface area contributed by atoms with E-state index in [0.29, 0.717) is 0 Å². The molecule has 0 aliphatic carbocycles. The minimum atomic E-state index is 1.25. The summed E-state index contributed by atoms with van der Waals surface area (Å²) in [7, 11) is 0. The molecule has 0 aliphatic heterocycles. The van der Waals surface area contributed by atoms with E-state index < -0.39 is 0 Å². The summed E-state index contributed by atoms with van der Waals surface area (Å²) in [6.45, 7) is 16.2. The largest absolute Gasteiger partial charge is 0.0683 e. The van der Waals surface area contributed by atoms with Crippen molar-refractivity contribution in [3.8, 4) is 0 Å². The van der Waals surface area contributed by atoms with Crippen molar-refractivity contribution in [3.63, 3.8) is 0 Å². The third-order valence-corrected chi connectivity index (χ3v) is 3.65. The van der Waals surface area contributed by atoms with Crippen molar-refractivity contribution in [3.05, 3.63) is 72.8 Å². The van der Waals surface area contributed by atoms with Gasteiger partial charge in [-0.15, -0.1) is 0 Å². The Bertz CT molecular complexity index is 667. The van der Waals surface area contributed by atoms with Gasteiger partial charge < -0.3 is 0 Å². The highest BCUT2D eigenvalue weighted by molar-refractivity contribution is 6.25. The van der Waals surface area contributed by atoms with Crippen molar-refractivity contribution in [1.29, 1.82) is 0 Å². The molecule has 0 unspecified atom stereocenters. The van der Waals surface area contributed by atoms with Crippen molar-refractivity contribution < 1.29 is 0 Å². The highest BCUT2D eigenvalue weighted by Crippen LogP contribution is 2.34. The van der Waals surface area contributed by atoms with Crippen LogP contribution in [-0.2, 0) is 0 Å². The Morgan fingerprint density at radius 3 is 0.593 bits per heavy atom. The molecule has 0 heterocycles. The smallest absolute Gasteiger partial charge is 0.00990 e. The molecule has 0 saturated carbocycles. The number of rotatable bonds is 0. The summed E-state index contributed by atoms with van der Waals surface area (Å²) in [5, 5.41) is 8.04. The maximum Gasteiger partial charge on any atom is -0.00990 e. The van der Waals surface area contributed by atoms with E-state index in [-0.39, 0.29) is 0 Å². The molecule has 0 aromatic heterocycles. The molecule has 0 nitrogen and oxygen atoms in total. The van der Waals surface area contributed by atoms with Crippen LogP contribution in [0.5, 0.6) is 0 Å². The number of benzene rings is 4. The summed E-state index contributed by atoms with van der Waals surface area (Å²) in [6.07, 6.45) is 1.25. The number of hydrogen-bond acceptors (Lipinski definition) is 0. The molecular formula is C27H38. The summed E-state index contributed by atoms with van der Waals surface area (Å²) in [5.41, 5.74) is 0. The van der Waals surface area contributed by atoms with E-state index >= 15 is 0 Å². The van der Waals surface area contributed by atoms with Crippen LogP contribution in [0.2, 0.25) is 0 Å². The zero-order valence-corrected chi connectivity index (χ0v) is 18.6. The van der Waals surface area contributed by atoms with Gasteiger partial charge in [-0.05, 0) is 32.3 Å². The number of hydrogen-bond donors (Lipinski definition) is 0. The van der Waals surface area contributed by atoms with Crippen LogP contribution in [0.1, 0.15) is 61.8 Å². The normalized spacial score (nSPS) is 8.89. The van der Waals surface area contributed by atoms with Crippen LogP contribution in [0.25, 0.3) is 32.3 Å². The second-order valence-corrected chi connectivity index (χ2v) is 5.34. The van der Waals surface area contributed by atoms with Gasteiger partial charge in [0.25, 0.3) is 0 Å². The Hall–Kier alpha value is -2.34. The molecule has 0 N–H and O–H groups in total. The number of fused-ring (bicyclic) bond motifs is 6. The second kappa shape index (κ2) is 14.8. The molecule has 27 heavy (non-hydrogen) atoms. The van der Waals surface area contributed by atoms with E-state index in [4.69, 9.17) is 0 Å². The molecule has 0 bridgehead atoms. The average Bonchev–Trinajstić information content (AvgIpc) is 2.79. The van der Waals surface area contributed by atoms with Gasteiger partial charge in [-0.2, -0.15) is 0 Å². The zero-order chi connectivity index (χ0) is 20.7. The van der Waals surface area contributed by atoms with Gasteiger partial charge in [-0.1, -0.05) is 135 Å². The molecule has 0 aliphatic rings. The lowest BCUT2D eigenvalue weighted by Gasteiger charge is -2.09. The summed E-state index contributed by atoms with van der Waals surface area (Å²) in [4.78, 5) is 0. The van der Waals surface area contributed by atoms with Gasteiger partial charge in [0, 0.05) is 0 Å². The van der Waals surface area contributed by atoms with Crippen molar-refractivity contribution in [2.75, 3.05) is 0 Å². The van der Waals surface area contributed by atoms with Crippen molar-refractivity contribution >= 4 is 32.3 Å². The van der Waals surface area contributed by atoms with Gasteiger partial charge in [-0.25, -0.2) is 0 Å². The van der Waals surface area contributed by atoms with Crippen LogP contribution in [0, 0.1) is 0 Å². The Labute approximate surface area is 167 Å². The van der Waals surface area contributed by atoms with E-state index in [9.17, 15) is 0 Å². The quantitative estimate of drug-likeness (QED) is 0.273. The maximum atomic E-state index is 2.21. The highest BCUT2D eigenvalue weighted by atomic mass is 14.1. The molecule has 4 rings (SSSR count). The minimum absolute atomic E-state index is 1.25. The lowest BCUT2D eigenvalue weighted by molar-refractivity contribution is 1.09. The molecule has 0 spiro atoms. The predicted molar refractivity (Wildman–Crippen MR) is 129 cm³/mol. The summed E-state index contributed by atoms with van der Waals surface area (Å²) < 4.78 is 0. The molecule has 4 aromatic rings. The highest BCUT2D eigenvalue weighted by Gasteiger charge is 2.06. The van der Waals surface area contributed by atoms with Gasteiger partial charge in [0.2, 0.25) is 0 Å². The Morgan fingerprint density at radius 1 is 0.370 bits per heavy atom. The third kappa shape index (κ3) is 6.10. The van der Waals surface area contributed by atoms with Crippen LogP contribution in [-0.4, -0.2) is 0 Å². The standard InChI is InChI=1S/C18H12.C3H8.3C2H6/c1-2-8-14-13(7-1)15-9-3-4-11-17(15)18-12-6-5-10-16(14)18;1-3-2;3*1-2/h1-12H;3H2,1-2H3;3*1-2H3. The monoisotopic (exact) mass is 362 g/mol. The van der Waals surface area contributed by atoms with Gasteiger partial charge >= 0.3 is 0 Å². The van der Waals surface area contributed by atoms with Gasteiger partial charge in [0.1, 0.15) is 0 Å². The van der Waals surface area contributed by atoms with Crippen molar-refractivity contribution in [2.45, 2.75) is 61.8 Å². The zero-order valence-electron chi connectivity index (χ0n) is 18.6. The van der Waals surface area contributed by atoms with E-state index in [0.717, 1.165) is 0 Å². The average molecular weight is 363 g/mol. The van der Waals surface area contributed by atoms with Crippen LogP contribution in [0.3, 0.4) is 0 Å². The molecular weight excluding hydrogens is 324 g/mol. The Kier molecular flexibility index (Phi) is 13.5. The van der Waals surface area contributed by atoms with E-state index in [2.05, 4.69) is 86.6 Å². The van der Waals surface area contributed by atoms with Gasteiger partial charge in [0.05, 0.1) is 0 Å². The summed E-state index contributed by atoms with van der Waals surface area (Å²) >= 11 is 0. The maximum absolute atomic E-state index is 2.21.